The van der Waals surface area contributed by atoms with Gasteiger partial charge in [0.15, 0.2) is 0 Å². The molecule has 2 rings (SSSR count). The summed E-state index contributed by atoms with van der Waals surface area (Å²) in [5.41, 5.74) is 2.83. The van der Waals surface area contributed by atoms with E-state index in [1.165, 1.54) is 15.8 Å². The van der Waals surface area contributed by atoms with Crippen LogP contribution in [0.2, 0.25) is 5.02 Å². The predicted molar refractivity (Wildman–Crippen MR) is 86.9 cm³/mol. The number of aromatic nitrogens is 2. The monoisotopic (exact) mass is 305 g/mol. The molecule has 0 spiro atoms. The fraction of sp³-hybridized carbons (Fsp3) is 0.375. The molecule has 1 heterocycles. The number of benzene rings is 1. The first-order valence-electron chi connectivity index (χ1n) is 7.23. The standard InChI is InChI=1S/C16H20ClN3O/c1-3-9-20-16(21)15(17)14(11-19-20)18-10-13-8-6-5-7-12(13)4-2/h5-8,11,18H,3-4,9-10H2,1-2H3. The summed E-state index contributed by atoms with van der Waals surface area (Å²) in [4.78, 5) is 12.0. The Bertz CT molecular complexity index is 667. The van der Waals surface area contributed by atoms with Gasteiger partial charge in [-0.3, -0.25) is 4.79 Å². The van der Waals surface area contributed by atoms with Crippen molar-refractivity contribution >= 4 is 17.3 Å². The molecule has 0 fully saturated rings. The van der Waals surface area contributed by atoms with E-state index in [4.69, 9.17) is 11.6 Å². The number of hydrogen-bond donors (Lipinski definition) is 1. The highest BCUT2D eigenvalue weighted by Gasteiger charge is 2.09. The Hall–Kier alpha value is -1.81. The van der Waals surface area contributed by atoms with Crippen LogP contribution in [0.25, 0.3) is 0 Å². The van der Waals surface area contributed by atoms with Crippen LogP contribution in [-0.4, -0.2) is 9.78 Å². The van der Waals surface area contributed by atoms with E-state index in [2.05, 4.69) is 29.5 Å². The van der Waals surface area contributed by atoms with Crippen molar-refractivity contribution in [1.29, 1.82) is 0 Å². The summed E-state index contributed by atoms with van der Waals surface area (Å²) in [7, 11) is 0. The second-order valence-electron chi connectivity index (χ2n) is 4.88. The average Bonchev–Trinajstić information content (AvgIpc) is 2.51. The van der Waals surface area contributed by atoms with Gasteiger partial charge in [-0.15, -0.1) is 0 Å². The van der Waals surface area contributed by atoms with E-state index >= 15 is 0 Å². The molecule has 4 nitrogen and oxygen atoms in total. The van der Waals surface area contributed by atoms with Gasteiger partial charge in [-0.25, -0.2) is 4.68 Å². The molecule has 112 valence electrons. The molecule has 21 heavy (non-hydrogen) atoms. The van der Waals surface area contributed by atoms with Crippen molar-refractivity contribution in [2.75, 3.05) is 5.32 Å². The van der Waals surface area contributed by atoms with Crippen molar-refractivity contribution in [2.45, 2.75) is 39.8 Å². The predicted octanol–water partition coefficient (Wildman–Crippen LogP) is 3.48. The summed E-state index contributed by atoms with van der Waals surface area (Å²) in [6.07, 6.45) is 3.44. The van der Waals surface area contributed by atoms with E-state index in [0.717, 1.165) is 12.8 Å². The van der Waals surface area contributed by atoms with E-state index in [0.29, 0.717) is 18.8 Å². The Morgan fingerprint density at radius 2 is 1.95 bits per heavy atom. The molecule has 0 atom stereocenters. The van der Waals surface area contributed by atoms with Crippen molar-refractivity contribution < 1.29 is 0 Å². The van der Waals surface area contributed by atoms with Gasteiger partial charge in [0.05, 0.1) is 11.9 Å². The Labute approximate surface area is 129 Å². The van der Waals surface area contributed by atoms with Crippen LogP contribution in [0, 0.1) is 0 Å². The second-order valence-corrected chi connectivity index (χ2v) is 5.25. The van der Waals surface area contributed by atoms with E-state index in [1.807, 2.05) is 19.1 Å². The molecule has 0 bridgehead atoms. The zero-order valence-electron chi connectivity index (χ0n) is 12.4. The van der Waals surface area contributed by atoms with Crippen LogP contribution >= 0.6 is 11.6 Å². The van der Waals surface area contributed by atoms with Gasteiger partial charge in [-0.1, -0.05) is 49.7 Å². The fourth-order valence-corrected chi connectivity index (χ4v) is 2.44. The Balaban J connectivity index is 2.17. The van der Waals surface area contributed by atoms with Gasteiger partial charge in [0.25, 0.3) is 5.56 Å². The molecule has 0 aliphatic carbocycles. The summed E-state index contributed by atoms with van der Waals surface area (Å²) in [5.74, 6) is 0. The Morgan fingerprint density at radius 1 is 1.24 bits per heavy atom. The Kier molecular flexibility index (Phi) is 5.39. The largest absolute Gasteiger partial charge is 0.378 e. The summed E-state index contributed by atoms with van der Waals surface area (Å²) < 4.78 is 1.40. The summed E-state index contributed by atoms with van der Waals surface area (Å²) >= 11 is 6.14. The normalized spacial score (nSPS) is 10.6. The van der Waals surface area contributed by atoms with Gasteiger partial charge >= 0.3 is 0 Å². The third kappa shape index (κ3) is 3.64. The molecular weight excluding hydrogens is 286 g/mol. The topological polar surface area (TPSA) is 46.9 Å². The summed E-state index contributed by atoms with van der Waals surface area (Å²) in [6.45, 7) is 5.33. The lowest BCUT2D eigenvalue weighted by atomic mass is 10.1. The number of nitrogens with zero attached hydrogens (tertiary/aromatic N) is 2. The van der Waals surface area contributed by atoms with Gasteiger partial charge in [-0.05, 0) is 24.0 Å². The van der Waals surface area contributed by atoms with Gasteiger partial charge < -0.3 is 5.32 Å². The van der Waals surface area contributed by atoms with Gasteiger partial charge in [-0.2, -0.15) is 5.10 Å². The zero-order chi connectivity index (χ0) is 15.2. The number of nitrogens with one attached hydrogen (secondary N) is 1. The van der Waals surface area contributed by atoms with Crippen LogP contribution in [0.15, 0.2) is 35.3 Å². The van der Waals surface area contributed by atoms with E-state index < -0.39 is 0 Å². The molecule has 0 aliphatic rings. The van der Waals surface area contributed by atoms with E-state index in [9.17, 15) is 4.79 Å². The van der Waals surface area contributed by atoms with Crippen molar-refractivity contribution in [3.63, 3.8) is 0 Å². The lowest BCUT2D eigenvalue weighted by Gasteiger charge is -2.12. The molecule has 0 saturated carbocycles. The minimum Gasteiger partial charge on any atom is -0.378 e. The van der Waals surface area contributed by atoms with Crippen LogP contribution in [0.1, 0.15) is 31.4 Å². The first kappa shape index (κ1) is 15.6. The number of rotatable bonds is 6. The molecule has 1 N–H and O–H groups in total. The lowest BCUT2D eigenvalue weighted by Crippen LogP contribution is -2.24. The van der Waals surface area contributed by atoms with Crippen LogP contribution < -0.4 is 10.9 Å². The van der Waals surface area contributed by atoms with E-state index in [-0.39, 0.29) is 10.6 Å². The van der Waals surface area contributed by atoms with Gasteiger partial charge in [0.1, 0.15) is 5.02 Å². The first-order valence-corrected chi connectivity index (χ1v) is 7.61. The smallest absolute Gasteiger partial charge is 0.287 e. The van der Waals surface area contributed by atoms with Crippen LogP contribution in [-0.2, 0) is 19.5 Å². The van der Waals surface area contributed by atoms with Crippen molar-refractivity contribution in [3.8, 4) is 0 Å². The highest BCUT2D eigenvalue weighted by atomic mass is 35.5. The van der Waals surface area contributed by atoms with E-state index in [1.54, 1.807) is 6.20 Å². The molecule has 0 unspecified atom stereocenters. The highest BCUT2D eigenvalue weighted by Crippen LogP contribution is 2.18. The molecule has 0 aliphatic heterocycles. The fourth-order valence-electron chi connectivity index (χ4n) is 2.22. The first-order chi connectivity index (χ1) is 10.2. The van der Waals surface area contributed by atoms with Gasteiger partial charge in [0, 0.05) is 13.1 Å². The quantitative estimate of drug-likeness (QED) is 0.889. The summed E-state index contributed by atoms with van der Waals surface area (Å²) in [5, 5.41) is 7.55. The molecule has 0 amide bonds. The maximum Gasteiger partial charge on any atom is 0.287 e. The minimum atomic E-state index is -0.243. The van der Waals surface area contributed by atoms with Gasteiger partial charge in [0.2, 0.25) is 0 Å². The SMILES string of the molecule is CCCn1ncc(NCc2ccccc2CC)c(Cl)c1=O. The lowest BCUT2D eigenvalue weighted by molar-refractivity contribution is 0.568. The molecule has 1 aromatic heterocycles. The second kappa shape index (κ2) is 7.27. The molecule has 0 radical (unpaired) electrons. The third-order valence-corrected chi connectivity index (χ3v) is 3.75. The van der Waals surface area contributed by atoms with Crippen LogP contribution in [0.3, 0.4) is 0 Å². The number of aryl methyl sites for hydroxylation is 2. The maximum atomic E-state index is 12.0. The number of halogens is 1. The molecule has 5 heteroatoms. The van der Waals surface area contributed by atoms with Crippen molar-refractivity contribution in [2.24, 2.45) is 0 Å². The number of anilines is 1. The molecule has 2 aromatic rings. The van der Waals surface area contributed by atoms with Crippen LogP contribution in [0.5, 0.6) is 0 Å². The highest BCUT2D eigenvalue weighted by molar-refractivity contribution is 6.32. The van der Waals surface area contributed by atoms with Crippen molar-refractivity contribution in [1.82, 2.24) is 9.78 Å². The van der Waals surface area contributed by atoms with Crippen LogP contribution in [0.4, 0.5) is 5.69 Å². The third-order valence-electron chi connectivity index (χ3n) is 3.39. The zero-order valence-corrected chi connectivity index (χ0v) is 13.2. The van der Waals surface area contributed by atoms with Crippen molar-refractivity contribution in [3.05, 3.63) is 57.0 Å². The minimum absolute atomic E-state index is 0.201. The Morgan fingerprint density at radius 3 is 2.62 bits per heavy atom. The summed E-state index contributed by atoms with van der Waals surface area (Å²) in [6, 6.07) is 8.22. The maximum absolute atomic E-state index is 12.0. The average molecular weight is 306 g/mol. The molecule has 1 aromatic carbocycles. The molecule has 0 saturated heterocycles. The molecular formula is C16H20ClN3O. The number of hydrogen-bond acceptors (Lipinski definition) is 3.